The highest BCUT2D eigenvalue weighted by molar-refractivity contribution is 7.99. The number of thioether (sulfide) groups is 1. The largest absolute Gasteiger partial charge is 0.465 e. The number of aromatic nitrogens is 5. The van der Waals surface area contributed by atoms with Crippen molar-refractivity contribution in [2.45, 2.75) is 30.7 Å². The molecule has 0 saturated carbocycles. The molecule has 146 valence electrons. The van der Waals surface area contributed by atoms with Crippen LogP contribution in [0.5, 0.6) is 0 Å². The molecule has 2 heterocycles. The third-order valence-corrected chi connectivity index (χ3v) is 7.30. The number of esters is 1. The van der Waals surface area contributed by atoms with Gasteiger partial charge >= 0.3 is 5.97 Å². The van der Waals surface area contributed by atoms with E-state index in [0.717, 1.165) is 27.5 Å². The van der Waals surface area contributed by atoms with Crippen LogP contribution in [-0.4, -0.2) is 52.5 Å². The number of hydrogen-bond acceptors (Lipinski definition) is 7. The van der Waals surface area contributed by atoms with Crippen LogP contribution in [0, 0.1) is 0 Å². The first-order valence-corrected chi connectivity index (χ1v) is 13.6. The smallest absolute Gasteiger partial charge is 0.337 e. The van der Waals surface area contributed by atoms with Crippen LogP contribution in [0.25, 0.3) is 22.5 Å². The zero-order chi connectivity index (χ0) is 20.1. The van der Waals surface area contributed by atoms with Gasteiger partial charge in [-0.25, -0.2) is 9.78 Å². The van der Waals surface area contributed by atoms with E-state index in [1.807, 2.05) is 18.2 Å². The number of methoxy groups -OCH3 is 1. The Labute approximate surface area is 169 Å². The zero-order valence-corrected chi connectivity index (χ0v) is 18.2. The predicted octanol–water partition coefficient (Wildman–Crippen LogP) is 4.15. The molecule has 0 unspecified atom stereocenters. The maximum Gasteiger partial charge on any atom is 0.337 e. The number of hydrogen-bond donors (Lipinski definition) is 1. The Hall–Kier alpha value is -2.52. The van der Waals surface area contributed by atoms with Crippen LogP contribution < -0.4 is 0 Å². The molecule has 0 fully saturated rings. The van der Waals surface area contributed by atoms with Gasteiger partial charge in [-0.15, -0.1) is 22.0 Å². The van der Waals surface area contributed by atoms with Crippen LogP contribution in [0.4, 0.5) is 0 Å². The molecular formula is C19H23N5O2SSi. The molecule has 0 saturated heterocycles. The number of ether oxygens (including phenoxy) is 1. The number of pyridine rings is 1. The number of aromatic amines is 1. The fraction of sp³-hybridized carbons (Fsp3) is 0.316. The number of carbonyl (C=O) groups excluding carboxylic acids is 1. The van der Waals surface area contributed by atoms with E-state index in [-0.39, 0.29) is 5.97 Å². The number of tetrazole rings is 1. The van der Waals surface area contributed by atoms with Crippen LogP contribution in [0.3, 0.4) is 0 Å². The van der Waals surface area contributed by atoms with Gasteiger partial charge in [0.15, 0.2) is 0 Å². The average molecular weight is 414 g/mol. The lowest BCUT2D eigenvalue weighted by atomic mass is 10.00. The van der Waals surface area contributed by atoms with Crippen molar-refractivity contribution >= 4 is 25.8 Å². The molecule has 3 aromatic rings. The molecule has 0 radical (unpaired) electrons. The van der Waals surface area contributed by atoms with E-state index >= 15 is 0 Å². The molecule has 9 heteroatoms. The first-order valence-electron chi connectivity index (χ1n) is 8.93. The second kappa shape index (κ2) is 8.66. The molecule has 0 amide bonds. The fourth-order valence-electron chi connectivity index (χ4n) is 2.63. The van der Waals surface area contributed by atoms with Gasteiger partial charge in [0.2, 0.25) is 5.82 Å². The van der Waals surface area contributed by atoms with Crippen molar-refractivity contribution in [3.8, 4) is 22.5 Å². The summed E-state index contributed by atoms with van der Waals surface area (Å²) in [5, 5.41) is 15.5. The van der Waals surface area contributed by atoms with Crippen LogP contribution >= 0.6 is 11.8 Å². The minimum Gasteiger partial charge on any atom is -0.465 e. The minimum atomic E-state index is -1.14. The molecule has 3 rings (SSSR count). The first-order chi connectivity index (χ1) is 13.4. The lowest BCUT2D eigenvalue weighted by molar-refractivity contribution is 0.0601. The van der Waals surface area contributed by atoms with Gasteiger partial charge in [0.1, 0.15) is 5.03 Å². The second-order valence-electron chi connectivity index (χ2n) is 7.50. The maximum absolute atomic E-state index is 11.7. The molecule has 0 bridgehead atoms. The van der Waals surface area contributed by atoms with Crippen molar-refractivity contribution in [3.63, 3.8) is 0 Å². The predicted molar refractivity (Wildman–Crippen MR) is 113 cm³/mol. The number of benzene rings is 1. The molecule has 2 aromatic heterocycles. The molecule has 28 heavy (non-hydrogen) atoms. The summed E-state index contributed by atoms with van der Waals surface area (Å²) >= 11 is 1.72. The molecule has 0 atom stereocenters. The quantitative estimate of drug-likeness (QED) is 0.353. The number of nitrogens with one attached hydrogen (secondary N) is 1. The van der Waals surface area contributed by atoms with E-state index in [4.69, 9.17) is 4.74 Å². The van der Waals surface area contributed by atoms with E-state index in [1.54, 1.807) is 30.1 Å². The van der Waals surface area contributed by atoms with Gasteiger partial charge in [-0.1, -0.05) is 31.8 Å². The summed E-state index contributed by atoms with van der Waals surface area (Å²) in [6, 6.07) is 10.4. The minimum absolute atomic E-state index is 0.359. The SMILES string of the molecule is COC(=O)c1ccc(-c2ccnc(SCC[Si](C)(C)C)c2-c2nn[nH]n2)cc1. The molecule has 0 aliphatic rings. The topological polar surface area (TPSA) is 93.6 Å². The Morgan fingerprint density at radius 3 is 2.54 bits per heavy atom. The van der Waals surface area contributed by atoms with Crippen molar-refractivity contribution in [1.82, 2.24) is 25.6 Å². The lowest BCUT2D eigenvalue weighted by Crippen LogP contribution is -2.19. The Kier molecular flexibility index (Phi) is 6.25. The highest BCUT2D eigenvalue weighted by Gasteiger charge is 2.19. The van der Waals surface area contributed by atoms with Gasteiger partial charge in [-0.2, -0.15) is 5.21 Å². The molecular weight excluding hydrogens is 390 g/mol. The van der Waals surface area contributed by atoms with Crippen molar-refractivity contribution in [1.29, 1.82) is 0 Å². The van der Waals surface area contributed by atoms with Crippen LogP contribution in [0.2, 0.25) is 25.7 Å². The van der Waals surface area contributed by atoms with E-state index < -0.39 is 8.07 Å². The molecule has 1 N–H and O–H groups in total. The molecule has 0 aliphatic carbocycles. The Balaban J connectivity index is 1.99. The maximum atomic E-state index is 11.7. The molecule has 0 spiro atoms. The second-order valence-corrected chi connectivity index (χ2v) is 14.2. The summed E-state index contributed by atoms with van der Waals surface area (Å²) in [6.07, 6.45) is 1.80. The van der Waals surface area contributed by atoms with Gasteiger partial charge in [-0.3, -0.25) is 0 Å². The first kappa shape index (κ1) is 20.2. The molecule has 1 aromatic carbocycles. The highest BCUT2D eigenvalue weighted by atomic mass is 32.2. The number of carbonyl (C=O) groups is 1. The van der Waals surface area contributed by atoms with Crippen LogP contribution in [-0.2, 0) is 4.74 Å². The van der Waals surface area contributed by atoms with Gasteiger partial charge in [0.05, 0.1) is 18.2 Å². The Morgan fingerprint density at radius 2 is 1.93 bits per heavy atom. The Morgan fingerprint density at radius 1 is 1.18 bits per heavy atom. The zero-order valence-electron chi connectivity index (χ0n) is 16.4. The lowest BCUT2D eigenvalue weighted by Gasteiger charge is -2.16. The van der Waals surface area contributed by atoms with Gasteiger partial charge in [-0.05, 0) is 46.3 Å². The number of rotatable bonds is 7. The molecule has 0 aliphatic heterocycles. The van der Waals surface area contributed by atoms with E-state index in [2.05, 4.69) is 45.2 Å². The summed E-state index contributed by atoms with van der Waals surface area (Å²) in [7, 11) is 0.237. The normalized spacial score (nSPS) is 11.4. The monoisotopic (exact) mass is 413 g/mol. The van der Waals surface area contributed by atoms with E-state index in [1.165, 1.54) is 13.2 Å². The highest BCUT2D eigenvalue weighted by Crippen LogP contribution is 2.37. The van der Waals surface area contributed by atoms with E-state index in [0.29, 0.717) is 11.4 Å². The van der Waals surface area contributed by atoms with Gasteiger partial charge < -0.3 is 4.74 Å². The van der Waals surface area contributed by atoms with Crippen LogP contribution in [0.15, 0.2) is 41.6 Å². The summed E-state index contributed by atoms with van der Waals surface area (Å²) < 4.78 is 4.77. The third kappa shape index (κ3) is 4.85. The Bertz CT molecular complexity index is 940. The van der Waals surface area contributed by atoms with Crippen LogP contribution in [0.1, 0.15) is 10.4 Å². The van der Waals surface area contributed by atoms with Crippen molar-refractivity contribution in [3.05, 3.63) is 42.1 Å². The summed E-state index contributed by atoms with van der Waals surface area (Å²) in [6.45, 7) is 7.08. The van der Waals surface area contributed by atoms with E-state index in [9.17, 15) is 4.79 Å². The third-order valence-electron chi connectivity index (χ3n) is 4.19. The fourth-order valence-corrected chi connectivity index (χ4v) is 6.17. The summed E-state index contributed by atoms with van der Waals surface area (Å²) in [5.41, 5.74) is 3.25. The van der Waals surface area contributed by atoms with Crippen molar-refractivity contribution in [2.75, 3.05) is 12.9 Å². The van der Waals surface area contributed by atoms with Gasteiger partial charge in [0, 0.05) is 14.3 Å². The summed E-state index contributed by atoms with van der Waals surface area (Å²) in [4.78, 5) is 16.3. The summed E-state index contributed by atoms with van der Waals surface area (Å²) in [5.74, 6) is 1.15. The standard InChI is InChI=1S/C19H23N5O2SSi/c1-26-19(25)14-7-5-13(6-8-14)15-9-10-20-18(27-11-12-28(2,3)4)16(15)17-21-23-24-22-17/h5-10H,11-12H2,1-4H3,(H,21,22,23,24). The molecule has 7 nitrogen and oxygen atoms in total. The number of nitrogens with zero attached hydrogens (tertiary/aromatic N) is 4. The van der Waals surface area contributed by atoms with Crippen molar-refractivity contribution in [2.24, 2.45) is 0 Å². The van der Waals surface area contributed by atoms with Gasteiger partial charge in [0.25, 0.3) is 0 Å². The number of H-pyrrole nitrogens is 1. The average Bonchev–Trinajstić information content (AvgIpc) is 3.20. The van der Waals surface area contributed by atoms with Crippen molar-refractivity contribution < 1.29 is 9.53 Å².